The van der Waals surface area contributed by atoms with Gasteiger partial charge in [-0.25, -0.2) is 0 Å². The minimum atomic E-state index is -0.799. The first-order valence-electron chi connectivity index (χ1n) is 5.42. The van der Waals surface area contributed by atoms with E-state index in [0.717, 1.165) is 6.42 Å². The van der Waals surface area contributed by atoms with Crippen LogP contribution in [0.25, 0.3) is 0 Å². The average molecular weight is 216 g/mol. The largest absolute Gasteiger partial charge is 0.388 e. The zero-order valence-corrected chi connectivity index (χ0v) is 9.09. The van der Waals surface area contributed by atoms with Gasteiger partial charge in [-0.05, 0) is 12.5 Å². The number of carbonyl (C=O) groups is 1. The van der Waals surface area contributed by atoms with Crippen LogP contribution in [0.4, 0.5) is 0 Å². The molecule has 5 heteroatoms. The number of nitrogens with zero attached hydrogens (tertiary/aromatic N) is 1. The average Bonchev–Trinajstić information content (AvgIpc) is 2.55. The first-order valence-corrected chi connectivity index (χ1v) is 5.42. The normalized spacial score (nSPS) is 28.1. The van der Waals surface area contributed by atoms with Gasteiger partial charge in [0.2, 0.25) is 5.91 Å². The lowest BCUT2D eigenvalue weighted by Crippen LogP contribution is -2.32. The molecule has 1 aliphatic heterocycles. The van der Waals surface area contributed by atoms with E-state index in [9.17, 15) is 15.0 Å². The molecule has 0 aromatic heterocycles. The Kier molecular flexibility index (Phi) is 4.50. The molecule has 88 valence electrons. The Morgan fingerprint density at radius 3 is 2.40 bits per heavy atom. The van der Waals surface area contributed by atoms with Crippen molar-refractivity contribution in [2.75, 3.05) is 19.6 Å². The van der Waals surface area contributed by atoms with Crippen LogP contribution in [0.1, 0.15) is 19.8 Å². The van der Waals surface area contributed by atoms with E-state index in [1.165, 1.54) is 4.90 Å². The summed E-state index contributed by atoms with van der Waals surface area (Å²) in [5.41, 5.74) is 5.52. The molecule has 0 aromatic rings. The van der Waals surface area contributed by atoms with E-state index in [-0.39, 0.29) is 24.9 Å². The molecule has 5 nitrogen and oxygen atoms in total. The number of rotatable bonds is 4. The fourth-order valence-electron chi connectivity index (χ4n) is 1.74. The Balaban J connectivity index is 2.41. The Morgan fingerprint density at radius 2 is 2.00 bits per heavy atom. The molecule has 3 unspecified atom stereocenters. The predicted octanol–water partition coefficient (Wildman–Crippen LogP) is -1.07. The van der Waals surface area contributed by atoms with E-state index in [1.54, 1.807) is 0 Å². The van der Waals surface area contributed by atoms with Crippen molar-refractivity contribution in [1.29, 1.82) is 0 Å². The minimum Gasteiger partial charge on any atom is -0.388 e. The third-order valence-electron chi connectivity index (χ3n) is 2.99. The number of aliphatic hydroxyl groups is 2. The number of aliphatic hydroxyl groups excluding tert-OH is 2. The van der Waals surface area contributed by atoms with Crippen LogP contribution in [0.3, 0.4) is 0 Å². The van der Waals surface area contributed by atoms with Crippen LogP contribution in [0.5, 0.6) is 0 Å². The second kappa shape index (κ2) is 5.44. The summed E-state index contributed by atoms with van der Waals surface area (Å²) in [6.07, 6.45) is -0.313. The summed E-state index contributed by atoms with van der Waals surface area (Å²) in [6, 6.07) is 0. The number of β-amino-alcohol motifs (C(OH)–C–C–N with tert-alkyl or cyclic N) is 2. The van der Waals surface area contributed by atoms with Crippen molar-refractivity contribution >= 4 is 5.91 Å². The van der Waals surface area contributed by atoms with E-state index >= 15 is 0 Å². The highest BCUT2D eigenvalue weighted by Gasteiger charge is 2.32. The van der Waals surface area contributed by atoms with Gasteiger partial charge in [0.25, 0.3) is 0 Å². The van der Waals surface area contributed by atoms with E-state index in [1.807, 2.05) is 6.92 Å². The minimum absolute atomic E-state index is 0.0251. The number of hydrogen-bond donors (Lipinski definition) is 3. The van der Waals surface area contributed by atoms with Crippen LogP contribution >= 0.6 is 0 Å². The third-order valence-corrected chi connectivity index (χ3v) is 2.99. The number of hydrogen-bond acceptors (Lipinski definition) is 4. The molecule has 15 heavy (non-hydrogen) atoms. The zero-order chi connectivity index (χ0) is 11.4. The van der Waals surface area contributed by atoms with Crippen LogP contribution in [-0.4, -0.2) is 52.9 Å². The lowest BCUT2D eigenvalue weighted by Gasteiger charge is -2.18. The molecule has 0 spiro atoms. The van der Waals surface area contributed by atoms with Gasteiger partial charge in [-0.15, -0.1) is 0 Å². The third kappa shape index (κ3) is 3.15. The topological polar surface area (TPSA) is 86.8 Å². The Bertz CT molecular complexity index is 209. The predicted molar refractivity (Wildman–Crippen MR) is 56.0 cm³/mol. The fraction of sp³-hybridized carbons (Fsp3) is 0.900. The summed E-state index contributed by atoms with van der Waals surface area (Å²) in [4.78, 5) is 13.2. The van der Waals surface area contributed by atoms with Crippen LogP contribution in [0.15, 0.2) is 0 Å². The number of amides is 1. The number of carbonyl (C=O) groups excluding carboxylic acids is 1. The van der Waals surface area contributed by atoms with Gasteiger partial charge in [0.05, 0.1) is 12.2 Å². The van der Waals surface area contributed by atoms with E-state index in [2.05, 4.69) is 0 Å². The van der Waals surface area contributed by atoms with Gasteiger partial charge in [-0.1, -0.05) is 13.3 Å². The van der Waals surface area contributed by atoms with Crippen LogP contribution < -0.4 is 5.73 Å². The second-order valence-corrected chi connectivity index (χ2v) is 4.15. The standard InChI is InChI=1S/C10H20N2O3/c1-2-7(4-11)3-10(15)12-5-8(13)9(14)6-12/h7-9,13-14H,2-6,11H2,1H3. The molecule has 1 amide bonds. The lowest BCUT2D eigenvalue weighted by atomic mass is 10.0. The molecule has 0 aromatic carbocycles. The molecule has 1 aliphatic rings. The monoisotopic (exact) mass is 216 g/mol. The summed E-state index contributed by atoms with van der Waals surface area (Å²) in [7, 11) is 0. The maximum absolute atomic E-state index is 11.7. The molecule has 0 aliphatic carbocycles. The Labute approximate surface area is 89.9 Å². The van der Waals surface area contributed by atoms with Crippen molar-refractivity contribution in [1.82, 2.24) is 4.90 Å². The SMILES string of the molecule is CCC(CN)CC(=O)N1CC(O)C(O)C1. The molecule has 4 N–H and O–H groups in total. The molecule has 1 fully saturated rings. The van der Waals surface area contributed by atoms with Crippen molar-refractivity contribution < 1.29 is 15.0 Å². The number of nitrogens with two attached hydrogens (primary N) is 1. The smallest absolute Gasteiger partial charge is 0.223 e. The summed E-state index contributed by atoms with van der Waals surface area (Å²) in [6.45, 7) is 2.97. The maximum Gasteiger partial charge on any atom is 0.223 e. The summed E-state index contributed by atoms with van der Waals surface area (Å²) < 4.78 is 0. The van der Waals surface area contributed by atoms with Gasteiger partial charge >= 0.3 is 0 Å². The van der Waals surface area contributed by atoms with E-state index in [0.29, 0.717) is 13.0 Å². The lowest BCUT2D eigenvalue weighted by molar-refractivity contribution is -0.131. The van der Waals surface area contributed by atoms with Gasteiger partial charge in [-0.3, -0.25) is 4.79 Å². The molecule has 0 saturated carbocycles. The van der Waals surface area contributed by atoms with Crippen LogP contribution in [0.2, 0.25) is 0 Å². The molecule has 0 bridgehead atoms. The number of likely N-dealkylation sites (tertiary alicyclic amines) is 1. The second-order valence-electron chi connectivity index (χ2n) is 4.15. The maximum atomic E-state index is 11.7. The molecule has 1 saturated heterocycles. The highest BCUT2D eigenvalue weighted by Crippen LogP contribution is 2.14. The first-order chi connectivity index (χ1) is 7.08. The first kappa shape index (κ1) is 12.4. The molecule has 1 heterocycles. The van der Waals surface area contributed by atoms with E-state index < -0.39 is 12.2 Å². The van der Waals surface area contributed by atoms with Crippen LogP contribution in [0, 0.1) is 5.92 Å². The van der Waals surface area contributed by atoms with Gasteiger partial charge < -0.3 is 20.8 Å². The van der Waals surface area contributed by atoms with Crippen molar-refractivity contribution in [2.24, 2.45) is 11.7 Å². The molecular formula is C10H20N2O3. The Hall–Kier alpha value is -0.650. The van der Waals surface area contributed by atoms with Crippen molar-refractivity contribution in [2.45, 2.75) is 32.0 Å². The fourth-order valence-corrected chi connectivity index (χ4v) is 1.74. The zero-order valence-electron chi connectivity index (χ0n) is 9.09. The van der Waals surface area contributed by atoms with Gasteiger partial charge in [0, 0.05) is 19.5 Å². The summed E-state index contributed by atoms with van der Waals surface area (Å²) in [5, 5.41) is 18.6. The summed E-state index contributed by atoms with van der Waals surface area (Å²) in [5.74, 6) is 0.176. The van der Waals surface area contributed by atoms with Crippen LogP contribution in [-0.2, 0) is 4.79 Å². The van der Waals surface area contributed by atoms with Crippen molar-refractivity contribution in [3.63, 3.8) is 0 Å². The summed E-state index contributed by atoms with van der Waals surface area (Å²) >= 11 is 0. The quantitative estimate of drug-likeness (QED) is 0.558. The highest BCUT2D eigenvalue weighted by atomic mass is 16.3. The highest BCUT2D eigenvalue weighted by molar-refractivity contribution is 5.76. The van der Waals surface area contributed by atoms with Gasteiger partial charge in [0.1, 0.15) is 0 Å². The molecule has 0 radical (unpaired) electrons. The van der Waals surface area contributed by atoms with Gasteiger partial charge in [-0.2, -0.15) is 0 Å². The van der Waals surface area contributed by atoms with Crippen molar-refractivity contribution in [3.05, 3.63) is 0 Å². The van der Waals surface area contributed by atoms with E-state index in [4.69, 9.17) is 5.73 Å². The Morgan fingerprint density at radius 1 is 1.47 bits per heavy atom. The molecule has 3 atom stereocenters. The molecular weight excluding hydrogens is 196 g/mol. The van der Waals surface area contributed by atoms with Crippen molar-refractivity contribution in [3.8, 4) is 0 Å². The molecule has 1 rings (SSSR count). The van der Waals surface area contributed by atoms with Gasteiger partial charge in [0.15, 0.2) is 0 Å².